The van der Waals surface area contributed by atoms with Crippen molar-refractivity contribution >= 4 is 45.5 Å². The highest BCUT2D eigenvalue weighted by atomic mass is 33.1. The molecular weight excluding hydrogens is 460 g/mol. The van der Waals surface area contributed by atoms with E-state index in [0.717, 1.165) is 5.56 Å². The van der Waals surface area contributed by atoms with Crippen molar-refractivity contribution in [2.45, 2.75) is 63.3 Å². The second-order valence-corrected chi connectivity index (χ2v) is 9.38. The molecule has 0 spiro atoms. The fourth-order valence-electron chi connectivity index (χ4n) is 3.01. The van der Waals surface area contributed by atoms with E-state index in [1.165, 1.54) is 49.3 Å². The first-order chi connectivity index (χ1) is 15.2. The van der Waals surface area contributed by atoms with E-state index in [-0.39, 0.29) is 6.61 Å². The predicted octanol–water partition coefficient (Wildman–Crippen LogP) is 2.65. The molecule has 1 saturated heterocycles. The Morgan fingerprint density at radius 3 is 1.94 bits per heavy atom. The lowest BCUT2D eigenvalue weighted by Crippen LogP contribution is -2.61. The van der Waals surface area contributed by atoms with Crippen LogP contribution in [0.4, 0.5) is 0 Å². The monoisotopic (exact) mass is 486 g/mol. The smallest absolute Gasteiger partial charge is 0.303 e. The Hall–Kier alpha value is -2.24. The van der Waals surface area contributed by atoms with Crippen LogP contribution in [0.25, 0.3) is 0 Å². The minimum absolute atomic E-state index is 0.238. The third-order valence-corrected chi connectivity index (χ3v) is 6.67. The van der Waals surface area contributed by atoms with Gasteiger partial charge in [-0.1, -0.05) is 51.9 Å². The summed E-state index contributed by atoms with van der Waals surface area (Å²) >= 11 is 0. The van der Waals surface area contributed by atoms with Gasteiger partial charge in [-0.15, -0.1) is 0 Å². The second-order valence-electron chi connectivity index (χ2n) is 6.91. The topological polar surface area (TPSA) is 114 Å². The number of hydrogen-bond acceptors (Lipinski definition) is 11. The molecule has 1 fully saturated rings. The van der Waals surface area contributed by atoms with E-state index in [4.69, 9.17) is 23.7 Å². The number of benzene rings is 1. The van der Waals surface area contributed by atoms with E-state index in [0.29, 0.717) is 5.75 Å². The molecule has 0 unspecified atom stereocenters. The SMILES string of the molecule is CC(=O)OC[C@H]1O[C@@H](SSCc2ccccc2)[C@H](OC(C)=O)[C@@H](OC(C)=O)[C@H]1OC(C)=O. The van der Waals surface area contributed by atoms with Crippen LogP contribution in [0.3, 0.4) is 0 Å². The quantitative estimate of drug-likeness (QED) is 0.291. The van der Waals surface area contributed by atoms with Gasteiger partial charge in [0.25, 0.3) is 0 Å². The van der Waals surface area contributed by atoms with E-state index >= 15 is 0 Å². The summed E-state index contributed by atoms with van der Waals surface area (Å²) in [5.41, 5.74) is 0.292. The minimum atomic E-state index is -1.15. The maximum atomic E-state index is 11.8. The Kier molecular flexibility index (Phi) is 10.3. The summed E-state index contributed by atoms with van der Waals surface area (Å²) in [4.78, 5) is 46.7. The fourth-order valence-corrected chi connectivity index (χ4v) is 5.53. The van der Waals surface area contributed by atoms with Crippen LogP contribution < -0.4 is 0 Å². The summed E-state index contributed by atoms with van der Waals surface area (Å²) in [5.74, 6) is -1.84. The molecule has 11 heteroatoms. The van der Waals surface area contributed by atoms with Crippen LogP contribution in [-0.4, -0.2) is 60.3 Å². The highest BCUT2D eigenvalue weighted by molar-refractivity contribution is 8.76. The first-order valence-electron chi connectivity index (χ1n) is 9.80. The van der Waals surface area contributed by atoms with E-state index in [9.17, 15) is 19.2 Å². The van der Waals surface area contributed by atoms with Crippen molar-refractivity contribution in [3.05, 3.63) is 35.9 Å². The number of carbonyl (C=O) groups is 4. The minimum Gasteiger partial charge on any atom is -0.463 e. The first kappa shape index (κ1) is 26.0. The molecule has 1 heterocycles. The van der Waals surface area contributed by atoms with Crippen LogP contribution in [0.15, 0.2) is 30.3 Å². The van der Waals surface area contributed by atoms with Crippen LogP contribution in [0.5, 0.6) is 0 Å². The lowest BCUT2D eigenvalue weighted by Gasteiger charge is -2.43. The zero-order valence-electron chi connectivity index (χ0n) is 18.2. The molecule has 176 valence electrons. The fraction of sp³-hybridized carbons (Fsp3) is 0.524. The van der Waals surface area contributed by atoms with E-state index in [1.54, 1.807) is 0 Å². The van der Waals surface area contributed by atoms with Crippen molar-refractivity contribution < 1.29 is 42.9 Å². The van der Waals surface area contributed by atoms with Crippen LogP contribution in [0, 0.1) is 0 Å². The normalized spacial score (nSPS) is 24.8. The van der Waals surface area contributed by atoms with Crippen molar-refractivity contribution in [3.63, 3.8) is 0 Å². The number of esters is 4. The number of carbonyl (C=O) groups excluding carboxylic acids is 4. The van der Waals surface area contributed by atoms with Crippen LogP contribution in [-0.2, 0) is 48.6 Å². The highest BCUT2D eigenvalue weighted by Crippen LogP contribution is 2.40. The summed E-state index contributed by atoms with van der Waals surface area (Å²) in [7, 11) is 2.73. The molecule has 9 nitrogen and oxygen atoms in total. The largest absolute Gasteiger partial charge is 0.463 e. The lowest BCUT2D eigenvalue weighted by atomic mass is 9.99. The van der Waals surface area contributed by atoms with Gasteiger partial charge in [0.15, 0.2) is 23.7 Å². The second kappa shape index (κ2) is 12.7. The van der Waals surface area contributed by atoms with Gasteiger partial charge in [-0.25, -0.2) is 0 Å². The average Bonchev–Trinajstić information content (AvgIpc) is 2.70. The van der Waals surface area contributed by atoms with Crippen molar-refractivity contribution in [2.75, 3.05) is 6.61 Å². The van der Waals surface area contributed by atoms with Crippen LogP contribution >= 0.6 is 21.6 Å². The van der Waals surface area contributed by atoms with Gasteiger partial charge < -0.3 is 23.7 Å². The summed E-state index contributed by atoms with van der Waals surface area (Å²) in [6.07, 6.45) is -4.28. The van der Waals surface area contributed by atoms with Gasteiger partial charge in [-0.3, -0.25) is 19.2 Å². The Morgan fingerprint density at radius 2 is 1.38 bits per heavy atom. The van der Waals surface area contributed by atoms with Crippen molar-refractivity contribution in [1.82, 2.24) is 0 Å². The Labute approximate surface area is 194 Å². The molecule has 0 saturated carbocycles. The van der Waals surface area contributed by atoms with Crippen LogP contribution in [0.2, 0.25) is 0 Å². The standard InChI is InChI=1S/C21H26O9S2/c1-12(22)26-10-17-18(27-13(2)23)19(28-14(3)24)20(29-15(4)25)21(30-17)32-31-11-16-8-6-5-7-9-16/h5-9,17-21H,10-11H2,1-4H3/t17-,18+,19+,20-,21+/m1/s1. The van der Waals surface area contributed by atoms with Crippen LogP contribution in [0.1, 0.15) is 33.3 Å². The molecule has 1 aliphatic rings. The molecule has 1 aromatic rings. The summed E-state index contributed by atoms with van der Waals surface area (Å²) < 4.78 is 27.3. The van der Waals surface area contributed by atoms with Gasteiger partial charge in [0.2, 0.25) is 0 Å². The van der Waals surface area contributed by atoms with Crippen molar-refractivity contribution in [2.24, 2.45) is 0 Å². The van der Waals surface area contributed by atoms with Gasteiger partial charge in [-0.05, 0) is 5.56 Å². The number of rotatable bonds is 9. The zero-order chi connectivity index (χ0) is 23.7. The van der Waals surface area contributed by atoms with Gasteiger partial charge >= 0.3 is 23.9 Å². The maximum Gasteiger partial charge on any atom is 0.303 e. The van der Waals surface area contributed by atoms with Gasteiger partial charge in [0, 0.05) is 33.4 Å². The zero-order valence-corrected chi connectivity index (χ0v) is 19.8. The molecule has 0 bridgehead atoms. The molecule has 0 radical (unpaired) electrons. The molecule has 1 aromatic carbocycles. The molecular formula is C21H26O9S2. The molecule has 0 aromatic heterocycles. The third-order valence-electron chi connectivity index (χ3n) is 4.18. The Morgan fingerprint density at radius 1 is 0.812 bits per heavy atom. The summed E-state index contributed by atoms with van der Waals surface area (Å²) in [5, 5.41) is 0. The highest BCUT2D eigenvalue weighted by Gasteiger charge is 2.52. The van der Waals surface area contributed by atoms with E-state index in [1.807, 2.05) is 30.3 Å². The molecule has 2 rings (SSSR count). The summed E-state index contributed by atoms with van der Waals surface area (Å²) in [6, 6.07) is 9.71. The molecule has 0 N–H and O–H groups in total. The lowest BCUT2D eigenvalue weighted by molar-refractivity contribution is -0.237. The van der Waals surface area contributed by atoms with Gasteiger partial charge in [0.05, 0.1) is 0 Å². The Bertz CT molecular complexity index is 802. The Balaban J connectivity index is 2.28. The third kappa shape index (κ3) is 8.36. The molecule has 0 aliphatic carbocycles. The van der Waals surface area contributed by atoms with E-state index in [2.05, 4.69) is 0 Å². The number of hydrogen-bond donors (Lipinski definition) is 0. The average molecular weight is 487 g/mol. The van der Waals surface area contributed by atoms with Gasteiger partial charge in [0.1, 0.15) is 12.7 Å². The molecule has 1 aliphatic heterocycles. The first-order valence-corrected chi connectivity index (χ1v) is 12.2. The molecule has 32 heavy (non-hydrogen) atoms. The number of ether oxygens (including phenoxy) is 5. The van der Waals surface area contributed by atoms with Crippen molar-refractivity contribution in [3.8, 4) is 0 Å². The predicted molar refractivity (Wildman–Crippen MR) is 117 cm³/mol. The summed E-state index contributed by atoms with van der Waals surface area (Å²) in [6.45, 7) is 4.59. The molecule has 0 amide bonds. The molecule has 5 atom stereocenters. The maximum absolute atomic E-state index is 11.8. The van der Waals surface area contributed by atoms with Crippen molar-refractivity contribution in [1.29, 1.82) is 0 Å². The van der Waals surface area contributed by atoms with E-state index < -0.39 is 53.7 Å². The van der Waals surface area contributed by atoms with Gasteiger partial charge in [-0.2, -0.15) is 0 Å².